The van der Waals surface area contributed by atoms with E-state index in [4.69, 9.17) is 4.74 Å². The molecule has 8 heteroatoms. The lowest BCUT2D eigenvalue weighted by atomic mass is 10.1. The van der Waals surface area contributed by atoms with Gasteiger partial charge in [-0.3, -0.25) is 4.79 Å². The van der Waals surface area contributed by atoms with E-state index in [1.165, 1.54) is 7.11 Å². The molecule has 4 aromatic rings. The third kappa shape index (κ3) is 3.70. The van der Waals surface area contributed by atoms with E-state index in [9.17, 15) is 9.59 Å². The van der Waals surface area contributed by atoms with Gasteiger partial charge in [-0.15, -0.1) is 0 Å². The summed E-state index contributed by atoms with van der Waals surface area (Å²) in [7, 11) is 2.93. The van der Waals surface area contributed by atoms with Crippen molar-refractivity contribution in [1.29, 1.82) is 0 Å². The van der Waals surface area contributed by atoms with Crippen LogP contribution in [0.3, 0.4) is 0 Å². The first-order chi connectivity index (χ1) is 14.6. The minimum absolute atomic E-state index is 0.223. The number of aromatic nitrogens is 3. The SMILES string of the molecule is COC(=O)c1ccc(NC(=O)c2cc3nccc(-c4ccc(OC)cc4)n3n2)cc1. The van der Waals surface area contributed by atoms with Crippen LogP contribution in [0.5, 0.6) is 5.75 Å². The number of carbonyl (C=O) groups is 2. The molecule has 150 valence electrons. The van der Waals surface area contributed by atoms with Crippen molar-refractivity contribution in [2.24, 2.45) is 0 Å². The third-order valence-corrected chi connectivity index (χ3v) is 4.54. The lowest BCUT2D eigenvalue weighted by molar-refractivity contribution is 0.0600. The number of rotatable bonds is 5. The number of nitrogens with zero attached hydrogens (tertiary/aromatic N) is 3. The van der Waals surface area contributed by atoms with Gasteiger partial charge < -0.3 is 14.8 Å². The number of anilines is 1. The smallest absolute Gasteiger partial charge is 0.337 e. The minimum Gasteiger partial charge on any atom is -0.497 e. The molecule has 0 aliphatic carbocycles. The maximum absolute atomic E-state index is 12.7. The fourth-order valence-corrected chi connectivity index (χ4v) is 2.99. The van der Waals surface area contributed by atoms with Crippen LogP contribution >= 0.6 is 0 Å². The molecule has 0 unspecified atom stereocenters. The molecule has 0 atom stereocenters. The molecular formula is C22H18N4O4. The minimum atomic E-state index is -0.439. The summed E-state index contributed by atoms with van der Waals surface area (Å²) in [5, 5.41) is 7.19. The lowest BCUT2D eigenvalue weighted by Gasteiger charge is -2.06. The van der Waals surface area contributed by atoms with Crippen LogP contribution in [0.2, 0.25) is 0 Å². The van der Waals surface area contributed by atoms with Crippen LogP contribution in [0.1, 0.15) is 20.8 Å². The average molecular weight is 402 g/mol. The van der Waals surface area contributed by atoms with E-state index in [-0.39, 0.29) is 11.6 Å². The zero-order valence-corrected chi connectivity index (χ0v) is 16.3. The van der Waals surface area contributed by atoms with Crippen LogP contribution in [-0.2, 0) is 4.74 Å². The number of hydrogen-bond donors (Lipinski definition) is 1. The summed E-state index contributed by atoms with van der Waals surface area (Å²) in [5.41, 5.74) is 3.42. The number of fused-ring (bicyclic) bond motifs is 1. The van der Waals surface area contributed by atoms with Gasteiger partial charge in [0.25, 0.3) is 5.91 Å². The molecule has 0 aliphatic heterocycles. The summed E-state index contributed by atoms with van der Waals surface area (Å²) in [4.78, 5) is 28.5. The van der Waals surface area contributed by atoms with Gasteiger partial charge in [0.15, 0.2) is 11.3 Å². The van der Waals surface area contributed by atoms with Crippen LogP contribution < -0.4 is 10.1 Å². The molecule has 0 spiro atoms. The molecule has 2 aromatic carbocycles. The van der Waals surface area contributed by atoms with Gasteiger partial charge in [0.1, 0.15) is 5.75 Å². The summed E-state index contributed by atoms with van der Waals surface area (Å²) < 4.78 is 11.5. The van der Waals surface area contributed by atoms with Gasteiger partial charge in [-0.05, 0) is 54.6 Å². The van der Waals surface area contributed by atoms with E-state index in [2.05, 4.69) is 20.1 Å². The van der Waals surface area contributed by atoms with E-state index in [1.54, 1.807) is 48.2 Å². The molecule has 4 rings (SSSR count). The van der Waals surface area contributed by atoms with Crippen molar-refractivity contribution in [2.45, 2.75) is 0 Å². The summed E-state index contributed by atoms with van der Waals surface area (Å²) >= 11 is 0. The summed E-state index contributed by atoms with van der Waals surface area (Å²) in [6.07, 6.45) is 1.67. The topological polar surface area (TPSA) is 94.8 Å². The Hall–Kier alpha value is -4.20. The first kappa shape index (κ1) is 19.1. The van der Waals surface area contributed by atoms with Crippen molar-refractivity contribution in [3.8, 4) is 17.0 Å². The Morgan fingerprint density at radius 1 is 0.967 bits per heavy atom. The molecule has 1 N–H and O–H groups in total. The zero-order chi connectivity index (χ0) is 21.1. The normalized spacial score (nSPS) is 10.6. The standard InChI is InChI=1S/C22H18N4O4/c1-29-17-9-5-14(6-10-17)19-11-12-23-20-13-18(25-26(19)20)21(27)24-16-7-3-15(4-8-16)22(28)30-2/h3-13H,1-2H3,(H,24,27). The van der Waals surface area contributed by atoms with Crippen molar-refractivity contribution in [1.82, 2.24) is 14.6 Å². The second-order valence-electron chi connectivity index (χ2n) is 6.38. The van der Waals surface area contributed by atoms with Crippen LogP contribution in [-0.4, -0.2) is 40.7 Å². The Labute approximate surface area is 172 Å². The molecule has 1 amide bonds. The fraction of sp³-hybridized carbons (Fsp3) is 0.0909. The Bertz CT molecular complexity index is 1210. The number of benzene rings is 2. The Balaban J connectivity index is 1.60. The quantitative estimate of drug-likeness (QED) is 0.514. The highest BCUT2D eigenvalue weighted by Crippen LogP contribution is 2.23. The second-order valence-corrected chi connectivity index (χ2v) is 6.38. The predicted octanol–water partition coefficient (Wildman–Crippen LogP) is 3.44. The molecule has 0 aliphatic rings. The van der Waals surface area contributed by atoms with E-state index < -0.39 is 5.97 Å². The molecule has 30 heavy (non-hydrogen) atoms. The van der Waals surface area contributed by atoms with Gasteiger partial charge in [0.2, 0.25) is 0 Å². The van der Waals surface area contributed by atoms with Gasteiger partial charge >= 0.3 is 5.97 Å². The van der Waals surface area contributed by atoms with E-state index >= 15 is 0 Å². The first-order valence-corrected chi connectivity index (χ1v) is 9.08. The largest absolute Gasteiger partial charge is 0.497 e. The molecule has 2 aromatic heterocycles. The van der Waals surface area contributed by atoms with Crippen LogP contribution in [0, 0.1) is 0 Å². The van der Waals surface area contributed by atoms with Crippen LogP contribution in [0.25, 0.3) is 16.9 Å². The molecule has 0 bridgehead atoms. The number of nitrogens with one attached hydrogen (secondary N) is 1. The summed E-state index contributed by atoms with van der Waals surface area (Å²) in [5.74, 6) is -0.0693. The number of ether oxygens (including phenoxy) is 2. The lowest BCUT2D eigenvalue weighted by Crippen LogP contribution is -2.13. The average Bonchev–Trinajstić information content (AvgIpc) is 3.24. The van der Waals surface area contributed by atoms with Crippen molar-refractivity contribution < 1.29 is 19.1 Å². The van der Waals surface area contributed by atoms with Gasteiger partial charge in [0.05, 0.1) is 25.5 Å². The van der Waals surface area contributed by atoms with Crippen molar-refractivity contribution in [2.75, 3.05) is 19.5 Å². The summed E-state index contributed by atoms with van der Waals surface area (Å²) in [6.45, 7) is 0. The number of amides is 1. The Kier molecular flexibility index (Phi) is 5.13. The van der Waals surface area contributed by atoms with Crippen LogP contribution in [0.4, 0.5) is 5.69 Å². The predicted molar refractivity (Wildman–Crippen MR) is 111 cm³/mol. The van der Waals surface area contributed by atoms with Crippen molar-refractivity contribution >= 4 is 23.2 Å². The van der Waals surface area contributed by atoms with E-state index in [0.29, 0.717) is 16.9 Å². The molecule has 0 radical (unpaired) electrons. The van der Waals surface area contributed by atoms with Gasteiger partial charge in [0, 0.05) is 23.5 Å². The molecule has 8 nitrogen and oxygen atoms in total. The summed E-state index contributed by atoms with van der Waals surface area (Å²) in [6, 6.07) is 17.4. The number of esters is 1. The van der Waals surface area contributed by atoms with Crippen molar-refractivity contribution in [3.05, 3.63) is 78.1 Å². The number of hydrogen-bond acceptors (Lipinski definition) is 6. The highest BCUT2D eigenvalue weighted by atomic mass is 16.5. The molecule has 0 saturated heterocycles. The number of methoxy groups -OCH3 is 2. The Morgan fingerprint density at radius 3 is 2.37 bits per heavy atom. The van der Waals surface area contributed by atoms with Crippen molar-refractivity contribution in [3.63, 3.8) is 0 Å². The highest BCUT2D eigenvalue weighted by Gasteiger charge is 2.15. The van der Waals surface area contributed by atoms with Gasteiger partial charge in [-0.1, -0.05) is 0 Å². The Morgan fingerprint density at radius 2 is 1.70 bits per heavy atom. The third-order valence-electron chi connectivity index (χ3n) is 4.54. The maximum Gasteiger partial charge on any atom is 0.337 e. The monoisotopic (exact) mass is 402 g/mol. The molecular weight excluding hydrogens is 384 g/mol. The second kappa shape index (κ2) is 8.04. The first-order valence-electron chi connectivity index (χ1n) is 9.08. The molecule has 2 heterocycles. The van der Waals surface area contributed by atoms with Gasteiger partial charge in [-0.25, -0.2) is 14.3 Å². The fourth-order valence-electron chi connectivity index (χ4n) is 2.99. The van der Waals surface area contributed by atoms with E-state index in [1.807, 2.05) is 30.3 Å². The number of carbonyl (C=O) groups excluding carboxylic acids is 2. The molecule has 0 saturated carbocycles. The maximum atomic E-state index is 12.7. The molecule has 0 fully saturated rings. The van der Waals surface area contributed by atoms with Crippen LogP contribution in [0.15, 0.2) is 66.9 Å². The highest BCUT2D eigenvalue weighted by molar-refractivity contribution is 6.03. The van der Waals surface area contributed by atoms with E-state index in [0.717, 1.165) is 17.0 Å². The van der Waals surface area contributed by atoms with Gasteiger partial charge in [-0.2, -0.15) is 5.10 Å². The zero-order valence-electron chi connectivity index (χ0n) is 16.3.